The average molecular weight is 387 g/mol. The Morgan fingerprint density at radius 1 is 1.19 bits per heavy atom. The number of hydrogen-bond acceptors (Lipinski definition) is 5. The van der Waals surface area contributed by atoms with Crippen LogP contribution >= 0.6 is 0 Å². The van der Waals surface area contributed by atoms with Crippen LogP contribution in [0.4, 0.5) is 4.79 Å². The maximum atomic E-state index is 11.7. The van der Waals surface area contributed by atoms with Gasteiger partial charge in [-0.2, -0.15) is 0 Å². The van der Waals surface area contributed by atoms with Crippen molar-refractivity contribution in [2.75, 3.05) is 45.9 Å². The lowest BCUT2D eigenvalue weighted by Gasteiger charge is -2.35. The Balaban J connectivity index is 0.00000338. The molecule has 1 aliphatic rings. The van der Waals surface area contributed by atoms with E-state index < -0.39 is 6.10 Å². The van der Waals surface area contributed by atoms with Gasteiger partial charge in [-0.1, -0.05) is 37.3 Å². The highest BCUT2D eigenvalue weighted by molar-refractivity contribution is 5.67. The number of aliphatic hydroxyl groups excluding tert-OH is 1. The van der Waals surface area contributed by atoms with Crippen molar-refractivity contribution in [1.29, 1.82) is 0 Å². The van der Waals surface area contributed by atoms with E-state index in [2.05, 4.69) is 24.0 Å². The minimum atomic E-state index is -0.535. The molecule has 26 heavy (non-hydrogen) atoms. The Kier molecular flexibility index (Phi) is 10.6. The molecule has 1 amide bonds. The number of β-amino-alcohol motifs (C(OH)–C–C–N with tert-alkyl or cyclic N) is 1. The van der Waals surface area contributed by atoms with E-state index in [1.807, 2.05) is 25.1 Å². The highest BCUT2D eigenvalue weighted by Crippen LogP contribution is 2.20. The summed E-state index contributed by atoms with van der Waals surface area (Å²) in [6, 6.07) is 10.1. The van der Waals surface area contributed by atoms with Gasteiger partial charge in [-0.15, -0.1) is 0 Å². The summed E-state index contributed by atoms with van der Waals surface area (Å²) >= 11 is 0. The van der Waals surface area contributed by atoms with E-state index >= 15 is 0 Å². The highest BCUT2D eigenvalue weighted by Gasteiger charge is 2.23. The van der Waals surface area contributed by atoms with E-state index in [9.17, 15) is 9.90 Å². The van der Waals surface area contributed by atoms with Gasteiger partial charge in [0.2, 0.25) is 0 Å². The normalized spacial score (nSPS) is 17.3. The molecule has 1 heterocycles. The standard InChI is InChI=1S/C19H30N2O4.ClH/c1-3-18(16-8-6-5-7-9-16)25-15-17(22)14-20-10-12-21(13-11-20)19(23)24-4-2;/h5-9,17-18,22H,3-4,10-15H2,1-2H3;1H. The van der Waals surface area contributed by atoms with Crippen molar-refractivity contribution in [3.63, 3.8) is 0 Å². The van der Waals surface area contributed by atoms with Crippen molar-refractivity contribution >= 4 is 6.09 Å². The van der Waals surface area contributed by atoms with Gasteiger partial charge in [0.15, 0.2) is 0 Å². The molecule has 0 saturated carbocycles. The molecule has 1 aliphatic heterocycles. The summed E-state index contributed by atoms with van der Waals surface area (Å²) in [4.78, 5) is 15.6. The van der Waals surface area contributed by atoms with E-state index in [1.165, 1.54) is 0 Å². The first-order valence-corrected chi connectivity index (χ1v) is 9.12. The third-order valence-electron chi connectivity index (χ3n) is 4.40. The lowest BCUT2D eigenvalue weighted by Crippen LogP contribution is -3.00. The fourth-order valence-electron chi connectivity index (χ4n) is 3.02. The molecular weight excluding hydrogens is 356 g/mol. The zero-order chi connectivity index (χ0) is 18.1. The van der Waals surface area contributed by atoms with Crippen molar-refractivity contribution in [3.8, 4) is 0 Å². The summed E-state index contributed by atoms with van der Waals surface area (Å²) in [5.74, 6) is 0. The fourth-order valence-corrected chi connectivity index (χ4v) is 3.02. The van der Waals surface area contributed by atoms with Crippen molar-refractivity contribution in [2.24, 2.45) is 0 Å². The number of ether oxygens (including phenoxy) is 2. The SMILES string of the molecule is CCOC(=O)N1CCN(CC(O)COC(CC)c2ccccc2)CC1.[Cl-].[H+]. The number of carbonyl (C=O) groups excluding carboxylic acids is 1. The average Bonchev–Trinajstić information content (AvgIpc) is 2.64. The van der Waals surface area contributed by atoms with E-state index in [0.29, 0.717) is 32.8 Å². The first kappa shape index (κ1) is 22.7. The highest BCUT2D eigenvalue weighted by atomic mass is 35.5. The van der Waals surface area contributed by atoms with Crippen molar-refractivity contribution < 1.29 is 33.2 Å². The second-order valence-electron chi connectivity index (χ2n) is 6.28. The molecule has 1 aromatic rings. The maximum absolute atomic E-state index is 11.7. The number of hydrogen-bond donors (Lipinski definition) is 1. The molecule has 148 valence electrons. The Morgan fingerprint density at radius 3 is 2.42 bits per heavy atom. The number of rotatable bonds is 8. The number of nitrogens with zero attached hydrogens (tertiary/aromatic N) is 2. The Labute approximate surface area is 164 Å². The molecule has 1 saturated heterocycles. The van der Waals surface area contributed by atoms with Gasteiger partial charge < -0.3 is 31.9 Å². The van der Waals surface area contributed by atoms with Crippen LogP contribution < -0.4 is 12.4 Å². The van der Waals surface area contributed by atoms with Gasteiger partial charge >= 0.3 is 7.52 Å². The van der Waals surface area contributed by atoms with E-state index in [0.717, 1.165) is 25.1 Å². The quantitative estimate of drug-likeness (QED) is 0.647. The molecule has 6 nitrogen and oxygen atoms in total. The van der Waals surface area contributed by atoms with Crippen LogP contribution in [0.25, 0.3) is 0 Å². The minimum absolute atomic E-state index is 0. The number of piperazine rings is 1. The number of carbonyl (C=O) groups is 1. The predicted octanol–water partition coefficient (Wildman–Crippen LogP) is -0.594. The van der Waals surface area contributed by atoms with E-state index in [1.54, 1.807) is 4.90 Å². The molecule has 1 fully saturated rings. The molecule has 2 atom stereocenters. The van der Waals surface area contributed by atoms with Gasteiger partial charge in [0, 0.05) is 32.7 Å². The van der Waals surface area contributed by atoms with Gasteiger partial charge in [0.1, 0.15) is 0 Å². The maximum Gasteiger partial charge on any atom is 1.00 e. The smallest absolute Gasteiger partial charge is 1.00 e. The summed E-state index contributed by atoms with van der Waals surface area (Å²) in [7, 11) is 0. The van der Waals surface area contributed by atoms with Crippen LogP contribution in [-0.4, -0.2) is 73.0 Å². The van der Waals surface area contributed by atoms with Crippen LogP contribution in [-0.2, 0) is 9.47 Å². The van der Waals surface area contributed by atoms with Gasteiger partial charge in [-0.25, -0.2) is 4.79 Å². The number of halogens is 1. The second-order valence-corrected chi connectivity index (χ2v) is 6.28. The van der Waals surface area contributed by atoms with Gasteiger partial charge in [0.25, 0.3) is 0 Å². The third kappa shape index (κ3) is 7.11. The van der Waals surface area contributed by atoms with E-state index in [4.69, 9.17) is 9.47 Å². The lowest BCUT2D eigenvalue weighted by atomic mass is 10.1. The summed E-state index contributed by atoms with van der Waals surface area (Å²) in [6.07, 6.45) is 0.0951. The van der Waals surface area contributed by atoms with Crippen LogP contribution in [0.3, 0.4) is 0 Å². The van der Waals surface area contributed by atoms with Gasteiger partial charge in [-0.05, 0) is 18.9 Å². The lowest BCUT2D eigenvalue weighted by molar-refractivity contribution is -0.0279. The van der Waals surface area contributed by atoms with E-state index in [-0.39, 0.29) is 26.0 Å². The first-order valence-electron chi connectivity index (χ1n) is 9.12. The number of amides is 1. The largest absolute Gasteiger partial charge is 1.00 e. The zero-order valence-electron chi connectivity index (χ0n) is 16.6. The molecule has 1 N–H and O–H groups in total. The Bertz CT molecular complexity index is 516. The molecular formula is C19H31ClN2O4. The molecule has 0 spiro atoms. The fraction of sp³-hybridized carbons (Fsp3) is 0.632. The Morgan fingerprint density at radius 2 is 1.85 bits per heavy atom. The van der Waals surface area contributed by atoms with Crippen molar-refractivity contribution in [3.05, 3.63) is 35.9 Å². The topological polar surface area (TPSA) is 62.2 Å². The van der Waals surface area contributed by atoms with Crippen molar-refractivity contribution in [1.82, 2.24) is 9.80 Å². The molecule has 0 aromatic heterocycles. The molecule has 1 aromatic carbocycles. The third-order valence-corrected chi connectivity index (χ3v) is 4.40. The first-order chi connectivity index (χ1) is 12.1. The predicted molar refractivity (Wildman–Crippen MR) is 97.6 cm³/mol. The van der Waals surface area contributed by atoms with Crippen LogP contribution in [0, 0.1) is 0 Å². The Hall–Kier alpha value is -1.34. The number of benzene rings is 1. The summed E-state index contributed by atoms with van der Waals surface area (Å²) < 4.78 is 10.9. The number of aliphatic hydroxyl groups is 1. The summed E-state index contributed by atoms with van der Waals surface area (Å²) in [5.41, 5.74) is 1.14. The summed E-state index contributed by atoms with van der Waals surface area (Å²) in [5, 5.41) is 10.3. The molecule has 2 unspecified atom stereocenters. The second kappa shape index (κ2) is 12.1. The summed E-state index contributed by atoms with van der Waals surface area (Å²) in [6.45, 7) is 7.91. The van der Waals surface area contributed by atoms with Crippen LogP contribution in [0.1, 0.15) is 33.4 Å². The van der Waals surface area contributed by atoms with Crippen LogP contribution in [0.5, 0.6) is 0 Å². The minimum Gasteiger partial charge on any atom is -1.00 e. The van der Waals surface area contributed by atoms with Crippen LogP contribution in [0.2, 0.25) is 0 Å². The molecule has 7 heteroatoms. The van der Waals surface area contributed by atoms with Gasteiger partial charge in [-0.3, -0.25) is 4.90 Å². The van der Waals surface area contributed by atoms with Crippen LogP contribution in [0.15, 0.2) is 30.3 Å². The zero-order valence-corrected chi connectivity index (χ0v) is 16.4. The molecule has 0 aliphatic carbocycles. The molecule has 0 radical (unpaired) electrons. The monoisotopic (exact) mass is 386 g/mol. The molecule has 0 bridgehead atoms. The van der Waals surface area contributed by atoms with Gasteiger partial charge in [0.05, 0.1) is 25.4 Å². The van der Waals surface area contributed by atoms with Crippen molar-refractivity contribution in [2.45, 2.75) is 32.5 Å². The molecule has 2 rings (SSSR count).